The van der Waals surface area contributed by atoms with Crippen LogP contribution in [0.3, 0.4) is 0 Å². The van der Waals surface area contributed by atoms with E-state index >= 15 is 0 Å². The SMILES string of the molecule is O=C1CCc2cc(-c3cc(-c4cnc(N5CCNCC5)nc4)oc3-c3ccncc3)ccc21. The Bertz CT molecular complexity index is 1310. The molecule has 1 fully saturated rings. The average Bonchev–Trinajstić information content (AvgIpc) is 3.49. The summed E-state index contributed by atoms with van der Waals surface area (Å²) in [5, 5.41) is 3.34. The van der Waals surface area contributed by atoms with E-state index in [2.05, 4.69) is 31.2 Å². The number of carbonyl (C=O) groups is 1. The Morgan fingerprint density at radius 1 is 0.848 bits per heavy atom. The van der Waals surface area contributed by atoms with Crippen LogP contribution in [0.25, 0.3) is 33.8 Å². The molecule has 0 radical (unpaired) electrons. The number of aryl methyl sites for hydroxylation is 1. The van der Waals surface area contributed by atoms with Gasteiger partial charge in [0.25, 0.3) is 0 Å². The molecule has 1 saturated heterocycles. The third kappa shape index (κ3) is 3.70. The minimum absolute atomic E-state index is 0.223. The lowest BCUT2D eigenvalue weighted by atomic mass is 9.98. The van der Waals surface area contributed by atoms with Crippen LogP contribution >= 0.6 is 0 Å². The van der Waals surface area contributed by atoms with E-state index in [9.17, 15) is 4.79 Å². The van der Waals surface area contributed by atoms with Crippen molar-refractivity contribution in [1.82, 2.24) is 20.3 Å². The van der Waals surface area contributed by atoms with Crippen molar-refractivity contribution in [1.29, 1.82) is 0 Å². The highest BCUT2D eigenvalue weighted by atomic mass is 16.3. The number of carbonyl (C=O) groups excluding carboxylic acids is 1. The summed E-state index contributed by atoms with van der Waals surface area (Å²) in [6.45, 7) is 3.68. The molecule has 7 heteroatoms. The van der Waals surface area contributed by atoms with Crippen LogP contribution in [0.4, 0.5) is 5.95 Å². The summed E-state index contributed by atoms with van der Waals surface area (Å²) in [6.07, 6.45) is 8.54. The van der Waals surface area contributed by atoms with Gasteiger partial charge < -0.3 is 14.6 Å². The molecule has 2 aliphatic rings. The predicted molar refractivity (Wildman–Crippen MR) is 126 cm³/mol. The molecule has 0 amide bonds. The molecular formula is C26H23N5O2. The third-order valence-corrected chi connectivity index (χ3v) is 6.34. The molecule has 4 heterocycles. The predicted octanol–water partition coefficient (Wildman–Crippen LogP) is 4.00. The van der Waals surface area contributed by atoms with E-state index in [1.165, 1.54) is 0 Å². The molecule has 1 aliphatic heterocycles. The van der Waals surface area contributed by atoms with Crippen LogP contribution in [-0.4, -0.2) is 46.9 Å². The fourth-order valence-electron chi connectivity index (χ4n) is 4.57. The molecule has 0 spiro atoms. The molecule has 1 N–H and O–H groups in total. The number of hydrogen-bond donors (Lipinski definition) is 1. The van der Waals surface area contributed by atoms with Crippen LogP contribution < -0.4 is 10.2 Å². The summed E-state index contributed by atoms with van der Waals surface area (Å²) >= 11 is 0. The highest BCUT2D eigenvalue weighted by Gasteiger charge is 2.22. The van der Waals surface area contributed by atoms with Crippen molar-refractivity contribution in [2.75, 3.05) is 31.1 Å². The zero-order chi connectivity index (χ0) is 22.2. The number of hydrogen-bond acceptors (Lipinski definition) is 7. The first-order valence-electron chi connectivity index (χ1n) is 11.2. The van der Waals surface area contributed by atoms with E-state index in [0.717, 1.165) is 77.7 Å². The van der Waals surface area contributed by atoms with Crippen molar-refractivity contribution in [3.05, 3.63) is 72.3 Å². The van der Waals surface area contributed by atoms with Gasteiger partial charge in [-0.3, -0.25) is 9.78 Å². The van der Waals surface area contributed by atoms with Gasteiger partial charge in [-0.25, -0.2) is 9.97 Å². The fourth-order valence-corrected chi connectivity index (χ4v) is 4.57. The monoisotopic (exact) mass is 437 g/mol. The van der Waals surface area contributed by atoms with Crippen LogP contribution in [0.15, 0.2) is 65.6 Å². The number of fused-ring (bicyclic) bond motifs is 1. The van der Waals surface area contributed by atoms with E-state index in [1.807, 2.05) is 42.7 Å². The fraction of sp³-hybridized carbons (Fsp3) is 0.231. The highest BCUT2D eigenvalue weighted by Crippen LogP contribution is 2.40. The Morgan fingerprint density at radius 3 is 2.42 bits per heavy atom. The van der Waals surface area contributed by atoms with Crippen molar-refractivity contribution in [2.24, 2.45) is 0 Å². The Hall–Kier alpha value is -3.84. The summed E-state index contributed by atoms with van der Waals surface area (Å²) in [7, 11) is 0. The Balaban J connectivity index is 1.40. The molecular weight excluding hydrogens is 414 g/mol. The lowest BCUT2D eigenvalue weighted by molar-refractivity contribution is 0.0994. The van der Waals surface area contributed by atoms with Gasteiger partial charge in [0.2, 0.25) is 5.95 Å². The number of ketones is 1. The minimum atomic E-state index is 0.223. The molecule has 3 aromatic heterocycles. The van der Waals surface area contributed by atoms with Gasteiger partial charge in [-0.1, -0.05) is 18.2 Å². The maximum Gasteiger partial charge on any atom is 0.225 e. The lowest BCUT2D eigenvalue weighted by Crippen LogP contribution is -2.44. The van der Waals surface area contributed by atoms with Crippen LogP contribution in [0, 0.1) is 0 Å². The molecule has 0 atom stereocenters. The number of nitrogens with zero attached hydrogens (tertiary/aromatic N) is 4. The maximum atomic E-state index is 12.1. The van der Waals surface area contributed by atoms with Gasteiger partial charge in [0.1, 0.15) is 11.5 Å². The second kappa shape index (κ2) is 8.26. The smallest absolute Gasteiger partial charge is 0.225 e. The number of benzene rings is 1. The molecule has 1 aromatic carbocycles. The number of Topliss-reactive ketones (excluding diaryl/α,β-unsaturated/α-hetero) is 1. The summed E-state index contributed by atoms with van der Waals surface area (Å²) < 4.78 is 6.37. The highest BCUT2D eigenvalue weighted by molar-refractivity contribution is 6.01. The van der Waals surface area contributed by atoms with E-state index < -0.39 is 0 Å². The van der Waals surface area contributed by atoms with E-state index in [1.54, 1.807) is 12.4 Å². The molecule has 0 saturated carbocycles. The first-order valence-corrected chi connectivity index (χ1v) is 11.2. The van der Waals surface area contributed by atoms with Crippen molar-refractivity contribution >= 4 is 11.7 Å². The molecule has 0 unspecified atom stereocenters. The quantitative estimate of drug-likeness (QED) is 0.516. The zero-order valence-corrected chi connectivity index (χ0v) is 18.1. The molecule has 0 bridgehead atoms. The maximum absolute atomic E-state index is 12.1. The zero-order valence-electron chi connectivity index (χ0n) is 18.1. The van der Waals surface area contributed by atoms with Crippen molar-refractivity contribution in [3.63, 3.8) is 0 Å². The summed E-state index contributed by atoms with van der Waals surface area (Å²) in [6, 6.07) is 12.0. The summed E-state index contributed by atoms with van der Waals surface area (Å²) in [5.74, 6) is 2.44. The number of pyridine rings is 1. The second-order valence-corrected chi connectivity index (χ2v) is 8.39. The van der Waals surface area contributed by atoms with Gasteiger partial charge in [-0.15, -0.1) is 0 Å². The third-order valence-electron chi connectivity index (χ3n) is 6.34. The standard InChI is InChI=1S/C26H23N5O2/c32-23-4-2-18-13-19(1-3-21(18)23)22-14-24(33-25(22)17-5-7-27-8-6-17)20-15-29-26(30-16-20)31-11-9-28-10-12-31/h1,3,5-8,13-16,28H,2,4,9-12H2. The van der Waals surface area contributed by atoms with Gasteiger partial charge in [0.05, 0.1) is 5.56 Å². The Kier molecular flexibility index (Phi) is 4.96. The number of aromatic nitrogens is 3. The average molecular weight is 438 g/mol. The van der Waals surface area contributed by atoms with Crippen LogP contribution in [0.1, 0.15) is 22.3 Å². The van der Waals surface area contributed by atoms with Gasteiger partial charge in [-0.2, -0.15) is 0 Å². The first kappa shape index (κ1) is 19.8. The Labute approximate surface area is 191 Å². The number of rotatable bonds is 4. The van der Waals surface area contributed by atoms with E-state index in [0.29, 0.717) is 12.2 Å². The Morgan fingerprint density at radius 2 is 1.64 bits per heavy atom. The minimum Gasteiger partial charge on any atom is -0.455 e. The summed E-state index contributed by atoms with van der Waals surface area (Å²) in [4.78, 5) is 27.6. The number of nitrogens with one attached hydrogen (secondary N) is 1. The van der Waals surface area contributed by atoms with Gasteiger partial charge in [0, 0.05) is 74.1 Å². The van der Waals surface area contributed by atoms with Crippen LogP contribution in [-0.2, 0) is 6.42 Å². The van der Waals surface area contributed by atoms with Gasteiger partial charge >= 0.3 is 0 Å². The molecule has 6 rings (SSSR count). The molecule has 4 aromatic rings. The van der Waals surface area contributed by atoms with Crippen molar-refractivity contribution < 1.29 is 9.21 Å². The van der Waals surface area contributed by atoms with Gasteiger partial charge in [0.15, 0.2) is 5.78 Å². The number of piperazine rings is 1. The van der Waals surface area contributed by atoms with E-state index in [-0.39, 0.29) is 5.78 Å². The lowest BCUT2D eigenvalue weighted by Gasteiger charge is -2.27. The number of anilines is 1. The second-order valence-electron chi connectivity index (χ2n) is 8.39. The van der Waals surface area contributed by atoms with Gasteiger partial charge in [-0.05, 0) is 35.7 Å². The van der Waals surface area contributed by atoms with Crippen molar-refractivity contribution in [2.45, 2.75) is 12.8 Å². The van der Waals surface area contributed by atoms with Crippen LogP contribution in [0.2, 0.25) is 0 Å². The van der Waals surface area contributed by atoms with Crippen molar-refractivity contribution in [3.8, 4) is 33.8 Å². The largest absolute Gasteiger partial charge is 0.455 e. The van der Waals surface area contributed by atoms with Crippen LogP contribution in [0.5, 0.6) is 0 Å². The summed E-state index contributed by atoms with van der Waals surface area (Å²) in [5.41, 5.74) is 5.72. The molecule has 1 aliphatic carbocycles. The normalized spacial score (nSPS) is 15.6. The molecule has 7 nitrogen and oxygen atoms in total. The first-order chi connectivity index (χ1) is 16.3. The number of furan rings is 1. The molecule has 33 heavy (non-hydrogen) atoms. The molecule has 164 valence electrons. The van der Waals surface area contributed by atoms with E-state index in [4.69, 9.17) is 4.42 Å². The topological polar surface area (TPSA) is 84.2 Å².